The number of ether oxygens (including phenoxy) is 1. The van der Waals surface area contributed by atoms with Gasteiger partial charge in [-0.15, -0.1) is 0 Å². The molecule has 4 rings (SSSR count). The summed E-state index contributed by atoms with van der Waals surface area (Å²) < 4.78 is 5.85. The van der Waals surface area contributed by atoms with Gasteiger partial charge in [-0.05, 0) is 38.1 Å². The highest BCUT2D eigenvalue weighted by atomic mass is 16.5. The van der Waals surface area contributed by atoms with Crippen molar-refractivity contribution in [1.82, 2.24) is 15.1 Å². The van der Waals surface area contributed by atoms with Crippen molar-refractivity contribution in [3.05, 3.63) is 23.8 Å². The molecule has 1 aliphatic carbocycles. The second-order valence-electron chi connectivity index (χ2n) is 8.51. The number of hydrogen-bond acceptors (Lipinski definition) is 6. The Balaban J connectivity index is 1.32. The summed E-state index contributed by atoms with van der Waals surface area (Å²) in [7, 11) is 2.12. The van der Waals surface area contributed by atoms with Gasteiger partial charge in [-0.3, -0.25) is 9.69 Å². The first-order chi connectivity index (χ1) is 14.2. The van der Waals surface area contributed by atoms with Crippen LogP contribution in [-0.2, 0) is 16.1 Å². The molecule has 1 aromatic rings. The summed E-state index contributed by atoms with van der Waals surface area (Å²) in [4.78, 5) is 21.5. The Bertz CT molecular complexity index is 735. The van der Waals surface area contributed by atoms with Crippen LogP contribution >= 0.6 is 0 Å². The van der Waals surface area contributed by atoms with Crippen LogP contribution < -0.4 is 10.6 Å². The molecule has 158 valence electrons. The maximum atomic E-state index is 12.4. The fraction of sp³-hybridized carbons (Fsp3) is 0.636. The lowest BCUT2D eigenvalue weighted by Gasteiger charge is -2.31. The smallest absolute Gasteiger partial charge is 0.290 e. The molecule has 0 bridgehead atoms. The van der Waals surface area contributed by atoms with Gasteiger partial charge in [0, 0.05) is 43.5 Å². The Morgan fingerprint density at radius 2 is 1.90 bits per heavy atom. The van der Waals surface area contributed by atoms with Gasteiger partial charge in [-0.2, -0.15) is 4.99 Å². The second kappa shape index (κ2) is 9.59. The van der Waals surface area contributed by atoms with Gasteiger partial charge in [-0.1, -0.05) is 25.7 Å². The van der Waals surface area contributed by atoms with Crippen molar-refractivity contribution in [3.63, 3.8) is 0 Å². The van der Waals surface area contributed by atoms with E-state index in [-0.39, 0.29) is 5.91 Å². The van der Waals surface area contributed by atoms with E-state index >= 15 is 0 Å². The predicted octanol–water partition coefficient (Wildman–Crippen LogP) is 2.70. The van der Waals surface area contributed by atoms with E-state index in [1.54, 1.807) is 0 Å². The third-order valence-corrected chi connectivity index (χ3v) is 6.10. The van der Waals surface area contributed by atoms with Crippen LogP contribution in [0.15, 0.2) is 23.2 Å². The molecule has 1 saturated carbocycles. The first-order valence-electron chi connectivity index (χ1n) is 11.0. The van der Waals surface area contributed by atoms with Crippen LogP contribution in [0.25, 0.3) is 0 Å². The second-order valence-corrected chi connectivity index (χ2v) is 8.51. The molecule has 2 N–H and O–H groups in total. The lowest BCUT2D eigenvalue weighted by molar-refractivity contribution is -0.117. The van der Waals surface area contributed by atoms with Crippen molar-refractivity contribution in [2.75, 3.05) is 45.1 Å². The zero-order valence-electron chi connectivity index (χ0n) is 17.5. The number of hydrogen-bond donors (Lipinski definition) is 2. The number of amides is 1. The monoisotopic (exact) mass is 399 g/mol. The molecule has 2 aliphatic heterocycles. The summed E-state index contributed by atoms with van der Waals surface area (Å²) in [5, 5.41) is 6.50. The third kappa shape index (κ3) is 5.70. The number of rotatable bonds is 4. The fourth-order valence-corrected chi connectivity index (χ4v) is 4.26. The summed E-state index contributed by atoms with van der Waals surface area (Å²) in [6.07, 6.45) is 7.59. The number of nitrogens with one attached hydrogen (secondary N) is 2. The Labute approximate surface area is 173 Å². The zero-order valence-corrected chi connectivity index (χ0v) is 17.5. The van der Waals surface area contributed by atoms with Crippen LogP contribution in [0.1, 0.15) is 44.1 Å². The van der Waals surface area contributed by atoms with Gasteiger partial charge >= 0.3 is 0 Å². The van der Waals surface area contributed by atoms with Gasteiger partial charge in [0.15, 0.2) is 0 Å². The summed E-state index contributed by atoms with van der Waals surface area (Å²) in [6, 6.07) is 6.97. The summed E-state index contributed by atoms with van der Waals surface area (Å²) >= 11 is 0. The normalized spacial score (nSPS) is 21.5. The minimum atomic E-state index is 0.0328. The van der Waals surface area contributed by atoms with Gasteiger partial charge in [0.2, 0.25) is 5.91 Å². The molecule has 2 fully saturated rings. The quantitative estimate of drug-likeness (QED) is 0.762. The van der Waals surface area contributed by atoms with Gasteiger partial charge in [0.1, 0.15) is 6.61 Å². The molecule has 1 aromatic carbocycles. The van der Waals surface area contributed by atoms with Crippen LogP contribution in [0.4, 0.5) is 11.4 Å². The molecule has 0 aromatic heterocycles. The average molecular weight is 400 g/mol. The van der Waals surface area contributed by atoms with Crippen molar-refractivity contribution in [2.45, 2.75) is 51.2 Å². The lowest BCUT2D eigenvalue weighted by Crippen LogP contribution is -2.47. The molecular weight excluding hydrogens is 366 g/mol. The van der Waals surface area contributed by atoms with Crippen molar-refractivity contribution >= 4 is 23.3 Å². The zero-order chi connectivity index (χ0) is 20.1. The Kier molecular flexibility index (Phi) is 6.67. The molecule has 29 heavy (non-hydrogen) atoms. The predicted molar refractivity (Wildman–Crippen MR) is 116 cm³/mol. The van der Waals surface area contributed by atoms with Crippen molar-refractivity contribution < 1.29 is 9.53 Å². The van der Waals surface area contributed by atoms with E-state index in [0.29, 0.717) is 25.2 Å². The lowest BCUT2D eigenvalue weighted by atomic mass is 10.1. The molecule has 7 nitrogen and oxygen atoms in total. The molecule has 1 amide bonds. The Morgan fingerprint density at radius 1 is 1.14 bits per heavy atom. The number of anilines is 1. The van der Waals surface area contributed by atoms with Crippen LogP contribution in [-0.4, -0.2) is 67.5 Å². The van der Waals surface area contributed by atoms with E-state index in [0.717, 1.165) is 43.1 Å². The SMILES string of the molecule is CN1CCN(CC(=O)Nc2ccc3c(c2)COC(NC2CCCCCC2)=N3)CC1. The summed E-state index contributed by atoms with van der Waals surface area (Å²) in [5.41, 5.74) is 2.74. The maximum Gasteiger partial charge on any atom is 0.290 e. The van der Waals surface area contributed by atoms with E-state index < -0.39 is 0 Å². The number of carbonyl (C=O) groups excluding carboxylic acids is 1. The molecular formula is C22H33N5O2. The summed E-state index contributed by atoms with van der Waals surface area (Å²) in [6.45, 7) is 4.82. The van der Waals surface area contributed by atoms with E-state index in [9.17, 15) is 4.79 Å². The minimum Gasteiger partial charge on any atom is -0.460 e. The number of piperazine rings is 1. The Morgan fingerprint density at radius 3 is 2.66 bits per heavy atom. The van der Waals surface area contributed by atoms with Crippen LogP contribution in [0, 0.1) is 0 Å². The number of benzene rings is 1. The molecule has 2 heterocycles. The number of carbonyl (C=O) groups is 1. The third-order valence-electron chi connectivity index (χ3n) is 6.10. The van der Waals surface area contributed by atoms with Gasteiger partial charge in [0.25, 0.3) is 6.02 Å². The fourth-order valence-electron chi connectivity index (χ4n) is 4.26. The molecule has 1 saturated heterocycles. The number of fused-ring (bicyclic) bond motifs is 1. The summed E-state index contributed by atoms with van der Waals surface area (Å²) in [5.74, 6) is 0.0328. The molecule has 0 spiro atoms. The van der Waals surface area contributed by atoms with E-state index in [4.69, 9.17) is 4.74 Å². The average Bonchev–Trinajstić information content (AvgIpc) is 2.98. The largest absolute Gasteiger partial charge is 0.460 e. The molecule has 0 unspecified atom stereocenters. The van der Waals surface area contributed by atoms with E-state index in [1.807, 2.05) is 18.2 Å². The maximum absolute atomic E-state index is 12.4. The highest BCUT2D eigenvalue weighted by Crippen LogP contribution is 2.28. The molecule has 7 heteroatoms. The van der Waals surface area contributed by atoms with Crippen molar-refractivity contribution in [3.8, 4) is 0 Å². The van der Waals surface area contributed by atoms with Crippen LogP contribution in [0.3, 0.4) is 0 Å². The number of likely N-dealkylation sites (N-methyl/N-ethyl adjacent to an activating group) is 1. The highest BCUT2D eigenvalue weighted by Gasteiger charge is 2.20. The number of nitrogens with zero attached hydrogens (tertiary/aromatic N) is 3. The molecule has 0 atom stereocenters. The minimum absolute atomic E-state index is 0.0328. The highest BCUT2D eigenvalue weighted by molar-refractivity contribution is 5.92. The molecule has 0 radical (unpaired) electrons. The van der Waals surface area contributed by atoms with Gasteiger partial charge in [0.05, 0.1) is 12.2 Å². The molecule has 3 aliphatic rings. The van der Waals surface area contributed by atoms with Crippen LogP contribution in [0.5, 0.6) is 0 Å². The standard InChI is InChI=1S/C22H33N5O2/c1-26-10-12-27(13-11-26)15-21(28)23-19-8-9-20-17(14-19)16-29-22(25-20)24-18-6-4-2-3-5-7-18/h8-9,14,18H,2-7,10-13,15-16H2,1H3,(H,23,28)(H,24,25). The Hall–Kier alpha value is -2.12. The van der Waals surface area contributed by atoms with Gasteiger partial charge < -0.3 is 20.3 Å². The van der Waals surface area contributed by atoms with Crippen molar-refractivity contribution in [2.24, 2.45) is 4.99 Å². The number of amidine groups is 1. The van der Waals surface area contributed by atoms with E-state index in [2.05, 4.69) is 32.5 Å². The first kappa shape index (κ1) is 20.2. The van der Waals surface area contributed by atoms with Crippen LogP contribution in [0.2, 0.25) is 0 Å². The van der Waals surface area contributed by atoms with E-state index in [1.165, 1.54) is 38.5 Å². The van der Waals surface area contributed by atoms with Crippen molar-refractivity contribution in [1.29, 1.82) is 0 Å². The van der Waals surface area contributed by atoms with Gasteiger partial charge in [-0.25, -0.2) is 0 Å². The first-order valence-corrected chi connectivity index (χ1v) is 11.0. The topological polar surface area (TPSA) is 69.2 Å². The number of aliphatic imine (C=N–C) groups is 1.